The van der Waals surface area contributed by atoms with Gasteiger partial charge in [-0.15, -0.1) is 0 Å². The van der Waals surface area contributed by atoms with Crippen LogP contribution in [0.1, 0.15) is 21.6 Å². The molecule has 110 valence electrons. The summed E-state index contributed by atoms with van der Waals surface area (Å²) in [6, 6.07) is 4.29. The predicted octanol–water partition coefficient (Wildman–Crippen LogP) is 2.63. The van der Waals surface area contributed by atoms with Gasteiger partial charge in [-0.1, -0.05) is 17.3 Å². The van der Waals surface area contributed by atoms with Crippen molar-refractivity contribution in [3.05, 3.63) is 53.6 Å². The minimum absolute atomic E-state index is 0.208. The quantitative estimate of drug-likeness (QED) is 0.497. The van der Waals surface area contributed by atoms with Crippen LogP contribution in [0.3, 0.4) is 0 Å². The number of rotatable bonds is 3. The second-order valence-corrected chi connectivity index (χ2v) is 4.12. The fourth-order valence-electron chi connectivity index (χ4n) is 1.49. The molecule has 0 aliphatic rings. The zero-order chi connectivity index (χ0) is 15.5. The van der Waals surface area contributed by atoms with Gasteiger partial charge in [0.1, 0.15) is 5.69 Å². The van der Waals surface area contributed by atoms with E-state index in [1.165, 1.54) is 29.2 Å². The molecule has 21 heavy (non-hydrogen) atoms. The Morgan fingerprint density at radius 1 is 1.33 bits per heavy atom. The number of aryl methyl sites for hydroxylation is 1. The average Bonchev–Trinajstić information content (AvgIpc) is 2.84. The summed E-state index contributed by atoms with van der Waals surface area (Å²) < 4.78 is 38.5. The summed E-state index contributed by atoms with van der Waals surface area (Å²) >= 11 is 0. The number of alkyl halides is 3. The summed E-state index contributed by atoms with van der Waals surface area (Å²) in [6.07, 6.45) is -0.498. The molecule has 0 atom stereocenters. The van der Waals surface area contributed by atoms with E-state index in [2.05, 4.69) is 15.0 Å². The number of halogens is 3. The Balaban J connectivity index is 1.99. The minimum Gasteiger partial charge on any atom is -0.328 e. The van der Waals surface area contributed by atoms with E-state index in [0.29, 0.717) is 5.56 Å². The first-order valence-corrected chi connectivity index (χ1v) is 5.76. The molecule has 8 heteroatoms. The summed E-state index contributed by atoms with van der Waals surface area (Å²) in [5.74, 6) is -0.710. The number of oxime groups is 1. The van der Waals surface area contributed by atoms with E-state index in [9.17, 15) is 18.0 Å². The SMILES string of the molecule is Cn1cncc1C(=O)ON=Cc1ccc(C(F)(F)F)cc1. The van der Waals surface area contributed by atoms with Gasteiger partial charge in [0.05, 0.1) is 24.3 Å². The molecule has 0 saturated carbocycles. The third kappa shape index (κ3) is 3.68. The van der Waals surface area contributed by atoms with Crippen LogP contribution in [-0.2, 0) is 18.1 Å². The van der Waals surface area contributed by atoms with Gasteiger partial charge in [0.25, 0.3) is 0 Å². The second-order valence-electron chi connectivity index (χ2n) is 4.12. The Kier molecular flexibility index (Phi) is 4.06. The Labute approximate surface area is 117 Å². The van der Waals surface area contributed by atoms with Crippen molar-refractivity contribution < 1.29 is 22.8 Å². The lowest BCUT2D eigenvalue weighted by Crippen LogP contribution is -2.06. The number of imidazole rings is 1. The van der Waals surface area contributed by atoms with Gasteiger partial charge in [-0.05, 0) is 17.7 Å². The van der Waals surface area contributed by atoms with Crippen LogP contribution in [0.15, 0.2) is 41.9 Å². The molecule has 0 fully saturated rings. The lowest BCUT2D eigenvalue weighted by Gasteiger charge is -2.05. The smallest absolute Gasteiger partial charge is 0.328 e. The molecule has 5 nitrogen and oxygen atoms in total. The number of nitrogens with zero attached hydrogens (tertiary/aromatic N) is 3. The highest BCUT2D eigenvalue weighted by molar-refractivity contribution is 5.88. The van der Waals surface area contributed by atoms with Crippen LogP contribution >= 0.6 is 0 Å². The van der Waals surface area contributed by atoms with Gasteiger partial charge < -0.3 is 9.40 Å². The lowest BCUT2D eigenvalue weighted by atomic mass is 10.1. The fraction of sp³-hybridized carbons (Fsp3) is 0.154. The van der Waals surface area contributed by atoms with Crippen LogP contribution in [0.25, 0.3) is 0 Å². The number of carbonyl (C=O) groups excluding carboxylic acids is 1. The van der Waals surface area contributed by atoms with Crippen LogP contribution in [0.2, 0.25) is 0 Å². The largest absolute Gasteiger partial charge is 0.416 e. The van der Waals surface area contributed by atoms with E-state index in [1.54, 1.807) is 7.05 Å². The monoisotopic (exact) mass is 297 g/mol. The van der Waals surface area contributed by atoms with Gasteiger partial charge in [0.15, 0.2) is 0 Å². The van der Waals surface area contributed by atoms with Crippen LogP contribution in [0, 0.1) is 0 Å². The van der Waals surface area contributed by atoms with Crippen LogP contribution in [0.4, 0.5) is 13.2 Å². The molecule has 2 rings (SSSR count). The van der Waals surface area contributed by atoms with Gasteiger partial charge in [-0.25, -0.2) is 9.78 Å². The summed E-state index contributed by atoms with van der Waals surface area (Å²) in [6.45, 7) is 0. The van der Waals surface area contributed by atoms with Gasteiger partial charge in [0.2, 0.25) is 0 Å². The second kappa shape index (κ2) is 5.78. The van der Waals surface area contributed by atoms with E-state index in [4.69, 9.17) is 0 Å². The van der Waals surface area contributed by atoms with Crippen molar-refractivity contribution in [2.75, 3.05) is 0 Å². The highest BCUT2D eigenvalue weighted by atomic mass is 19.4. The van der Waals surface area contributed by atoms with Crippen molar-refractivity contribution >= 4 is 12.2 Å². The molecule has 1 aromatic heterocycles. The topological polar surface area (TPSA) is 56.5 Å². The average molecular weight is 297 g/mol. The van der Waals surface area contributed by atoms with E-state index in [0.717, 1.165) is 18.3 Å². The summed E-state index contributed by atoms with van der Waals surface area (Å²) in [7, 11) is 1.61. The van der Waals surface area contributed by atoms with Crippen molar-refractivity contribution in [3.8, 4) is 0 Å². The van der Waals surface area contributed by atoms with E-state index >= 15 is 0 Å². The van der Waals surface area contributed by atoms with Crippen molar-refractivity contribution in [3.63, 3.8) is 0 Å². The molecule has 0 aliphatic heterocycles. The predicted molar refractivity (Wildman–Crippen MR) is 67.7 cm³/mol. The molecule has 1 aromatic carbocycles. The molecule has 0 aliphatic carbocycles. The summed E-state index contributed by atoms with van der Waals surface area (Å²) in [5, 5.41) is 3.43. The number of hydrogen-bond acceptors (Lipinski definition) is 4. The van der Waals surface area contributed by atoms with E-state index in [-0.39, 0.29) is 5.69 Å². The van der Waals surface area contributed by atoms with Crippen LogP contribution in [0.5, 0.6) is 0 Å². The maximum absolute atomic E-state index is 12.4. The number of hydrogen-bond donors (Lipinski definition) is 0. The summed E-state index contributed by atoms with van der Waals surface area (Å²) in [5.41, 5.74) is -0.174. The first-order valence-electron chi connectivity index (χ1n) is 5.76. The van der Waals surface area contributed by atoms with E-state index < -0.39 is 17.7 Å². The number of aromatic nitrogens is 2. The molecule has 0 spiro atoms. The number of benzene rings is 1. The van der Waals surface area contributed by atoms with Gasteiger partial charge in [0, 0.05) is 7.05 Å². The molecule has 0 radical (unpaired) electrons. The highest BCUT2D eigenvalue weighted by Crippen LogP contribution is 2.28. The lowest BCUT2D eigenvalue weighted by molar-refractivity contribution is -0.137. The maximum Gasteiger partial charge on any atom is 0.416 e. The van der Waals surface area contributed by atoms with E-state index in [1.807, 2.05) is 0 Å². The highest BCUT2D eigenvalue weighted by Gasteiger charge is 2.29. The first-order chi connectivity index (χ1) is 9.88. The van der Waals surface area contributed by atoms with Crippen LogP contribution < -0.4 is 0 Å². The van der Waals surface area contributed by atoms with Gasteiger partial charge in [-0.3, -0.25) is 0 Å². The summed E-state index contributed by atoms with van der Waals surface area (Å²) in [4.78, 5) is 19.9. The molecule has 0 bridgehead atoms. The normalized spacial score (nSPS) is 11.8. The number of carbonyl (C=O) groups is 1. The zero-order valence-electron chi connectivity index (χ0n) is 10.8. The van der Waals surface area contributed by atoms with Crippen molar-refractivity contribution in [1.29, 1.82) is 0 Å². The van der Waals surface area contributed by atoms with Gasteiger partial charge in [-0.2, -0.15) is 13.2 Å². The Morgan fingerprint density at radius 2 is 2.00 bits per heavy atom. The molecule has 0 N–H and O–H groups in total. The molecular formula is C13H10F3N3O2. The maximum atomic E-state index is 12.4. The van der Waals surface area contributed by atoms with Gasteiger partial charge >= 0.3 is 12.1 Å². The minimum atomic E-state index is -4.39. The van der Waals surface area contributed by atoms with Crippen molar-refractivity contribution in [2.24, 2.45) is 12.2 Å². The molecule has 2 aromatic rings. The Morgan fingerprint density at radius 3 is 2.52 bits per heavy atom. The fourth-order valence-corrected chi connectivity index (χ4v) is 1.49. The molecular weight excluding hydrogens is 287 g/mol. The Hall–Kier alpha value is -2.64. The molecule has 1 heterocycles. The van der Waals surface area contributed by atoms with Crippen LogP contribution in [-0.4, -0.2) is 21.7 Å². The standard InChI is InChI=1S/C13H10F3N3O2/c1-19-8-17-7-11(19)12(20)21-18-6-9-2-4-10(5-3-9)13(14,15)16/h2-8H,1H3. The zero-order valence-corrected chi connectivity index (χ0v) is 10.8. The third-order valence-corrected chi connectivity index (χ3v) is 2.60. The molecule has 0 unspecified atom stereocenters. The Bertz CT molecular complexity index is 660. The third-order valence-electron chi connectivity index (χ3n) is 2.60. The first kappa shape index (κ1) is 14.8. The molecule has 0 saturated heterocycles. The van der Waals surface area contributed by atoms with Crippen molar-refractivity contribution in [2.45, 2.75) is 6.18 Å². The van der Waals surface area contributed by atoms with Crippen molar-refractivity contribution in [1.82, 2.24) is 9.55 Å². The molecule has 0 amide bonds.